The molecule has 2 aromatic rings. The van der Waals surface area contributed by atoms with E-state index in [4.69, 9.17) is 0 Å². The molecule has 1 fully saturated rings. The Hall–Kier alpha value is -3.02. The van der Waals surface area contributed by atoms with Crippen molar-refractivity contribution in [1.29, 1.82) is 0 Å². The highest BCUT2D eigenvalue weighted by atomic mass is 19.1. The van der Waals surface area contributed by atoms with Crippen molar-refractivity contribution in [2.45, 2.75) is 19.8 Å². The second-order valence-corrected chi connectivity index (χ2v) is 5.96. The van der Waals surface area contributed by atoms with Crippen molar-refractivity contribution in [2.75, 3.05) is 5.32 Å². The Labute approximate surface area is 144 Å². The average molecular weight is 339 g/mol. The van der Waals surface area contributed by atoms with Crippen LogP contribution in [-0.4, -0.2) is 17.5 Å². The number of nitrogens with zero attached hydrogens (tertiary/aromatic N) is 1. The fourth-order valence-electron chi connectivity index (χ4n) is 2.32. The van der Waals surface area contributed by atoms with E-state index in [1.165, 1.54) is 18.2 Å². The molecule has 0 heterocycles. The van der Waals surface area contributed by atoms with Crippen LogP contribution in [0.25, 0.3) is 0 Å². The molecule has 0 unspecified atom stereocenters. The summed E-state index contributed by atoms with van der Waals surface area (Å²) in [5.41, 5.74) is 4.27. The van der Waals surface area contributed by atoms with Gasteiger partial charge in [-0.15, -0.1) is 0 Å². The van der Waals surface area contributed by atoms with Gasteiger partial charge in [-0.2, -0.15) is 5.10 Å². The number of benzene rings is 2. The molecule has 0 spiro atoms. The Kier molecular flexibility index (Phi) is 4.88. The highest BCUT2D eigenvalue weighted by molar-refractivity contribution is 6.02. The Morgan fingerprint density at radius 3 is 2.60 bits per heavy atom. The molecule has 0 aromatic heterocycles. The standard InChI is InChI=1S/C19H18FN3O2/c1-12(22-23-19(25)16-7-2-3-8-17(16)20)14-5-4-6-15(11-14)21-18(24)13-9-10-13/h2-8,11,13H,9-10H2,1H3,(H,21,24)(H,23,25). The van der Waals surface area contributed by atoms with Crippen LogP contribution in [0.1, 0.15) is 35.7 Å². The maximum Gasteiger partial charge on any atom is 0.274 e. The Bertz CT molecular complexity index is 844. The molecular weight excluding hydrogens is 321 g/mol. The van der Waals surface area contributed by atoms with Gasteiger partial charge in [0, 0.05) is 11.6 Å². The number of carbonyl (C=O) groups is 2. The fraction of sp³-hybridized carbons (Fsp3) is 0.211. The summed E-state index contributed by atoms with van der Waals surface area (Å²) in [5.74, 6) is -1.06. The van der Waals surface area contributed by atoms with Crippen LogP contribution in [0.2, 0.25) is 0 Å². The maximum absolute atomic E-state index is 13.6. The fourth-order valence-corrected chi connectivity index (χ4v) is 2.32. The summed E-state index contributed by atoms with van der Waals surface area (Å²) in [5, 5.41) is 6.88. The van der Waals surface area contributed by atoms with E-state index >= 15 is 0 Å². The van der Waals surface area contributed by atoms with Crippen LogP contribution in [-0.2, 0) is 4.79 Å². The molecule has 128 valence electrons. The predicted molar refractivity (Wildman–Crippen MR) is 93.9 cm³/mol. The number of hydrogen-bond donors (Lipinski definition) is 2. The zero-order valence-electron chi connectivity index (χ0n) is 13.8. The molecule has 1 aliphatic rings. The number of carbonyl (C=O) groups excluding carboxylic acids is 2. The Morgan fingerprint density at radius 2 is 1.88 bits per heavy atom. The largest absolute Gasteiger partial charge is 0.326 e. The molecule has 5 nitrogen and oxygen atoms in total. The van der Waals surface area contributed by atoms with Crippen molar-refractivity contribution in [2.24, 2.45) is 11.0 Å². The molecule has 1 aliphatic carbocycles. The number of halogens is 1. The van der Waals surface area contributed by atoms with E-state index in [0.717, 1.165) is 18.4 Å². The minimum Gasteiger partial charge on any atom is -0.326 e. The molecule has 2 N–H and O–H groups in total. The van der Waals surface area contributed by atoms with Gasteiger partial charge in [0.1, 0.15) is 5.82 Å². The summed E-state index contributed by atoms with van der Waals surface area (Å²) in [6.07, 6.45) is 1.88. The van der Waals surface area contributed by atoms with Gasteiger partial charge in [-0.1, -0.05) is 24.3 Å². The molecule has 25 heavy (non-hydrogen) atoms. The van der Waals surface area contributed by atoms with E-state index in [0.29, 0.717) is 11.4 Å². The van der Waals surface area contributed by atoms with Crippen molar-refractivity contribution < 1.29 is 14.0 Å². The first kappa shape index (κ1) is 16.8. The molecule has 0 bridgehead atoms. The van der Waals surface area contributed by atoms with Crippen molar-refractivity contribution in [3.05, 3.63) is 65.5 Å². The van der Waals surface area contributed by atoms with Gasteiger partial charge >= 0.3 is 0 Å². The normalized spacial score (nSPS) is 14.1. The van der Waals surface area contributed by atoms with Crippen LogP contribution in [0.3, 0.4) is 0 Å². The average Bonchev–Trinajstić information content (AvgIpc) is 3.45. The van der Waals surface area contributed by atoms with Crippen LogP contribution < -0.4 is 10.7 Å². The lowest BCUT2D eigenvalue weighted by Gasteiger charge is -2.07. The second kappa shape index (κ2) is 7.25. The van der Waals surface area contributed by atoms with Crippen molar-refractivity contribution in [3.8, 4) is 0 Å². The number of rotatable bonds is 5. The van der Waals surface area contributed by atoms with Crippen LogP contribution in [0.4, 0.5) is 10.1 Å². The molecule has 0 saturated heterocycles. The van der Waals surface area contributed by atoms with Crippen molar-refractivity contribution >= 4 is 23.2 Å². The minimum absolute atomic E-state index is 0.0274. The van der Waals surface area contributed by atoms with Crippen LogP contribution in [0.5, 0.6) is 0 Å². The van der Waals surface area contributed by atoms with Crippen molar-refractivity contribution in [3.63, 3.8) is 0 Å². The van der Waals surface area contributed by atoms with Crippen LogP contribution in [0, 0.1) is 11.7 Å². The van der Waals surface area contributed by atoms with E-state index in [9.17, 15) is 14.0 Å². The lowest BCUT2D eigenvalue weighted by Crippen LogP contribution is -2.20. The lowest BCUT2D eigenvalue weighted by molar-refractivity contribution is -0.117. The molecule has 0 atom stereocenters. The molecule has 1 saturated carbocycles. The minimum atomic E-state index is -0.615. The molecule has 0 aliphatic heterocycles. The van der Waals surface area contributed by atoms with Gasteiger partial charge in [0.15, 0.2) is 0 Å². The van der Waals surface area contributed by atoms with Gasteiger partial charge in [0.25, 0.3) is 5.91 Å². The quantitative estimate of drug-likeness (QED) is 0.648. The molecule has 0 radical (unpaired) electrons. The Balaban J connectivity index is 1.68. The van der Waals surface area contributed by atoms with Crippen molar-refractivity contribution in [1.82, 2.24) is 5.43 Å². The highest BCUT2D eigenvalue weighted by Gasteiger charge is 2.29. The maximum atomic E-state index is 13.6. The van der Waals surface area contributed by atoms with Gasteiger partial charge in [0.05, 0.1) is 11.3 Å². The van der Waals surface area contributed by atoms with Gasteiger partial charge in [-0.05, 0) is 49.6 Å². The third-order valence-corrected chi connectivity index (χ3v) is 3.94. The molecular formula is C19H18FN3O2. The summed E-state index contributed by atoms with van der Waals surface area (Å²) in [7, 11) is 0. The Morgan fingerprint density at radius 1 is 1.12 bits per heavy atom. The number of hydrogen-bond acceptors (Lipinski definition) is 3. The predicted octanol–water partition coefficient (Wildman–Crippen LogP) is 3.33. The van der Waals surface area contributed by atoms with E-state index in [1.54, 1.807) is 31.2 Å². The molecule has 3 rings (SSSR count). The lowest BCUT2D eigenvalue weighted by atomic mass is 10.1. The van der Waals surface area contributed by atoms with E-state index in [2.05, 4.69) is 15.8 Å². The molecule has 2 amide bonds. The summed E-state index contributed by atoms with van der Waals surface area (Å²) in [4.78, 5) is 23.8. The molecule has 2 aromatic carbocycles. The first-order valence-corrected chi connectivity index (χ1v) is 8.05. The SMILES string of the molecule is CC(=NNC(=O)c1ccccc1F)c1cccc(NC(=O)C2CC2)c1. The first-order chi connectivity index (χ1) is 12.0. The summed E-state index contributed by atoms with van der Waals surface area (Å²) >= 11 is 0. The third kappa shape index (κ3) is 4.29. The second-order valence-electron chi connectivity index (χ2n) is 5.96. The number of amides is 2. The van der Waals surface area contributed by atoms with Crippen LogP contribution in [0.15, 0.2) is 53.6 Å². The monoisotopic (exact) mass is 339 g/mol. The van der Waals surface area contributed by atoms with E-state index in [-0.39, 0.29) is 17.4 Å². The number of hydrazone groups is 1. The first-order valence-electron chi connectivity index (χ1n) is 8.05. The van der Waals surface area contributed by atoms with Gasteiger partial charge < -0.3 is 5.32 Å². The van der Waals surface area contributed by atoms with E-state index < -0.39 is 11.7 Å². The molecule has 6 heteroatoms. The summed E-state index contributed by atoms with van der Waals surface area (Å²) in [6, 6.07) is 12.9. The van der Waals surface area contributed by atoms with Gasteiger partial charge in [0.2, 0.25) is 5.91 Å². The topological polar surface area (TPSA) is 70.6 Å². The number of anilines is 1. The zero-order valence-corrected chi connectivity index (χ0v) is 13.8. The third-order valence-electron chi connectivity index (χ3n) is 3.94. The zero-order chi connectivity index (χ0) is 17.8. The van der Waals surface area contributed by atoms with Crippen LogP contribution >= 0.6 is 0 Å². The van der Waals surface area contributed by atoms with E-state index in [1.807, 2.05) is 6.07 Å². The van der Waals surface area contributed by atoms with Gasteiger partial charge in [-0.3, -0.25) is 9.59 Å². The number of nitrogens with one attached hydrogen (secondary N) is 2. The summed E-state index contributed by atoms with van der Waals surface area (Å²) < 4.78 is 13.6. The summed E-state index contributed by atoms with van der Waals surface area (Å²) in [6.45, 7) is 1.73. The van der Waals surface area contributed by atoms with Gasteiger partial charge in [-0.25, -0.2) is 9.82 Å². The smallest absolute Gasteiger partial charge is 0.274 e. The highest BCUT2D eigenvalue weighted by Crippen LogP contribution is 2.30.